The monoisotopic (exact) mass is 702 g/mol. The fourth-order valence-corrected chi connectivity index (χ4v) is 13.9. The maximum atomic E-state index is 13.2. The van der Waals surface area contributed by atoms with Crippen molar-refractivity contribution < 1.29 is 23.9 Å². The minimum Gasteiger partial charge on any atom is -0.479 e. The molecule has 5 fully saturated rings. The number of nitrogens with zero attached hydrogens (tertiary/aromatic N) is 4. The predicted molar refractivity (Wildman–Crippen MR) is 184 cm³/mol. The van der Waals surface area contributed by atoms with Crippen LogP contribution >= 0.6 is 45.3 Å². The molecule has 13 heteroatoms. The molecule has 5 aliphatic carbocycles. The second-order valence-corrected chi connectivity index (χ2v) is 17.8. The molecule has 5 heterocycles. The second kappa shape index (κ2) is 10.5. The van der Waals surface area contributed by atoms with Gasteiger partial charge in [-0.05, 0) is 51.4 Å². The van der Waals surface area contributed by atoms with Gasteiger partial charge >= 0.3 is 0 Å². The van der Waals surface area contributed by atoms with E-state index in [1.807, 2.05) is 0 Å². The summed E-state index contributed by atoms with van der Waals surface area (Å²) < 4.78 is 9.03. The Morgan fingerprint density at radius 3 is 1.57 bits per heavy atom. The summed E-state index contributed by atoms with van der Waals surface area (Å²) in [6, 6.07) is 0. The molecule has 4 aromatic heterocycles. The molecule has 4 unspecified atom stereocenters. The van der Waals surface area contributed by atoms with Gasteiger partial charge in [-0.2, -0.15) is 0 Å². The molecule has 1 spiro atoms. The van der Waals surface area contributed by atoms with Crippen molar-refractivity contribution in [1.29, 1.82) is 0 Å². The van der Waals surface area contributed by atoms with Crippen LogP contribution < -0.4 is 4.74 Å². The van der Waals surface area contributed by atoms with E-state index < -0.39 is 5.60 Å². The molecule has 6 aliphatic rings. The molecule has 0 amide bonds. The molecule has 0 bridgehead atoms. The minimum atomic E-state index is -0.513. The highest BCUT2D eigenvalue weighted by atomic mass is 32.1. The first-order chi connectivity index (χ1) is 22.9. The lowest BCUT2D eigenvalue weighted by molar-refractivity contribution is -0.120. The number of hydrogen-bond acceptors (Lipinski definition) is 13. The zero-order valence-electron chi connectivity index (χ0n) is 25.5. The summed E-state index contributed by atoms with van der Waals surface area (Å²) in [5.41, 5.74) is 0.811. The average molecular weight is 703 g/mol. The normalized spacial score (nSPS) is 28.2. The highest BCUT2D eigenvalue weighted by Gasteiger charge is 2.50. The van der Waals surface area contributed by atoms with Gasteiger partial charge in [-0.25, -0.2) is 20.0 Å². The quantitative estimate of drug-likeness (QED) is 0.206. The number of aromatic nitrogens is 2. The Bertz CT molecular complexity index is 2090. The predicted octanol–water partition coefficient (Wildman–Crippen LogP) is 8.31. The van der Waals surface area contributed by atoms with Crippen LogP contribution in [0.15, 0.2) is 9.98 Å². The molecule has 0 radical (unpaired) electrons. The summed E-state index contributed by atoms with van der Waals surface area (Å²) >= 11 is 6.03. The molecule has 0 saturated heterocycles. The van der Waals surface area contributed by atoms with Gasteiger partial charge < -0.3 is 4.74 Å². The van der Waals surface area contributed by atoms with E-state index in [9.17, 15) is 19.2 Å². The van der Waals surface area contributed by atoms with Crippen LogP contribution in [0.4, 0.5) is 10.3 Å². The Morgan fingerprint density at radius 2 is 1.04 bits per heavy atom. The summed E-state index contributed by atoms with van der Waals surface area (Å²) in [6.07, 6.45) is 12.0. The van der Waals surface area contributed by atoms with Crippen molar-refractivity contribution in [2.75, 3.05) is 0 Å². The van der Waals surface area contributed by atoms with Crippen LogP contribution in [0.1, 0.15) is 89.0 Å². The smallest absolute Gasteiger partial charge is 0.212 e. The molecule has 47 heavy (non-hydrogen) atoms. The molecular formula is C34H30N4O5S4. The van der Waals surface area contributed by atoms with Crippen molar-refractivity contribution >= 4 is 109 Å². The Kier molecular flexibility index (Phi) is 6.47. The third-order valence-corrected chi connectivity index (χ3v) is 15.8. The maximum absolute atomic E-state index is 13.2. The van der Waals surface area contributed by atoms with Gasteiger partial charge in [0.15, 0.2) is 40.3 Å². The topological polar surface area (TPSA) is 128 Å². The molecule has 0 aromatic carbocycles. The van der Waals surface area contributed by atoms with Gasteiger partial charge in [0.05, 0.1) is 14.5 Å². The molecule has 240 valence electrons. The number of thiazole rings is 2. The van der Waals surface area contributed by atoms with E-state index in [0.717, 1.165) is 124 Å². The Balaban J connectivity index is 1.05. The zero-order valence-corrected chi connectivity index (χ0v) is 28.7. The van der Waals surface area contributed by atoms with Crippen molar-refractivity contribution in [1.82, 2.24) is 9.97 Å². The third kappa shape index (κ3) is 4.15. The number of hydrogen-bond donors (Lipinski definition) is 0. The standard InChI is InChI=1S/C34H30N4O5S4/c39-21-14-8-2-3-9-15(14)22(40)19(21)35-32-37-30-27(46-32)18-26(44-30)28-25(43-34(18)12-6-1-7-13-34)29-31(45-28)38-33(47-29)36-20-23(41)16-10-4-5-11-17(16)24(20)42/h14-17H,1-13H2. The summed E-state index contributed by atoms with van der Waals surface area (Å²) in [6.45, 7) is 0. The van der Waals surface area contributed by atoms with Crippen molar-refractivity contribution in [3.8, 4) is 15.5 Å². The fraction of sp³-hybridized carbons (Fsp3) is 0.529. The van der Waals surface area contributed by atoms with Crippen molar-refractivity contribution in [2.45, 2.75) is 89.1 Å². The lowest BCUT2D eigenvalue weighted by atomic mass is 9.78. The largest absolute Gasteiger partial charge is 0.479 e. The van der Waals surface area contributed by atoms with E-state index in [4.69, 9.17) is 14.7 Å². The highest BCUT2D eigenvalue weighted by Crippen LogP contribution is 2.62. The number of Topliss-reactive ketones (excluding diaryl/α,β-unsaturated/α-hetero) is 4. The van der Waals surface area contributed by atoms with Crippen LogP contribution in [0.5, 0.6) is 5.75 Å². The summed E-state index contributed by atoms with van der Waals surface area (Å²) in [4.78, 5) is 75.2. The van der Waals surface area contributed by atoms with E-state index >= 15 is 0 Å². The van der Waals surface area contributed by atoms with Gasteiger partial charge in [0.1, 0.15) is 20.0 Å². The van der Waals surface area contributed by atoms with E-state index in [1.165, 1.54) is 22.7 Å². The molecule has 1 aliphatic heterocycles. The molecule has 10 rings (SSSR count). The van der Waals surface area contributed by atoms with Crippen molar-refractivity contribution in [2.24, 2.45) is 33.7 Å². The number of aliphatic imine (C=N–C) groups is 2. The molecule has 5 saturated carbocycles. The molecule has 4 aromatic rings. The van der Waals surface area contributed by atoms with Gasteiger partial charge in [0.25, 0.3) is 0 Å². The van der Waals surface area contributed by atoms with E-state index in [0.29, 0.717) is 10.3 Å². The number of fused-ring (bicyclic) bond motifs is 10. The number of carbonyl (C=O) groups is 4. The summed E-state index contributed by atoms with van der Waals surface area (Å²) in [5, 5.41) is 0.902. The van der Waals surface area contributed by atoms with Gasteiger partial charge in [-0.1, -0.05) is 54.8 Å². The van der Waals surface area contributed by atoms with Crippen LogP contribution in [0.3, 0.4) is 0 Å². The SMILES string of the molecule is O=C1C(=Nc2nc3sc4c(c3s2)OC2(CCCCC2)c2c-4sc3nc(N=C4C(=O)C5CCCCC5C4=O)sc23)C(=O)C2CCCCC12. The lowest BCUT2D eigenvalue weighted by Crippen LogP contribution is -2.37. The van der Waals surface area contributed by atoms with E-state index in [-0.39, 0.29) is 58.2 Å². The average Bonchev–Trinajstić information content (AvgIpc) is 3.91. The first-order valence-electron chi connectivity index (χ1n) is 16.8. The summed E-state index contributed by atoms with van der Waals surface area (Å²) in [7, 11) is 0. The van der Waals surface area contributed by atoms with E-state index in [2.05, 4.69) is 9.98 Å². The van der Waals surface area contributed by atoms with E-state index in [1.54, 1.807) is 22.7 Å². The fourth-order valence-electron chi connectivity index (χ4n) is 9.03. The Morgan fingerprint density at radius 1 is 0.574 bits per heavy atom. The Hall–Kier alpha value is -3.00. The molecule has 9 nitrogen and oxygen atoms in total. The number of rotatable bonds is 2. The van der Waals surface area contributed by atoms with Crippen LogP contribution in [0.25, 0.3) is 28.8 Å². The van der Waals surface area contributed by atoms with Gasteiger partial charge in [-0.3, -0.25) is 19.2 Å². The number of ketones is 4. The number of ether oxygens (including phenoxy) is 1. The molecule has 0 N–H and O–H groups in total. The zero-order chi connectivity index (χ0) is 31.6. The van der Waals surface area contributed by atoms with Crippen LogP contribution in [-0.4, -0.2) is 44.5 Å². The molecular weight excluding hydrogens is 673 g/mol. The van der Waals surface area contributed by atoms with Gasteiger partial charge in [0, 0.05) is 29.2 Å². The molecule has 4 atom stereocenters. The maximum Gasteiger partial charge on any atom is 0.212 e. The van der Waals surface area contributed by atoms with Crippen molar-refractivity contribution in [3.63, 3.8) is 0 Å². The first kappa shape index (κ1) is 29.0. The first-order valence-corrected chi connectivity index (χ1v) is 20.1. The van der Waals surface area contributed by atoms with Crippen LogP contribution in [0, 0.1) is 23.7 Å². The Labute approximate surface area is 285 Å². The van der Waals surface area contributed by atoms with Gasteiger partial charge in [0.2, 0.25) is 10.3 Å². The lowest BCUT2D eigenvalue weighted by Gasteiger charge is -2.40. The van der Waals surface area contributed by atoms with Crippen molar-refractivity contribution in [3.05, 3.63) is 5.56 Å². The third-order valence-electron chi connectivity index (χ3n) is 11.3. The number of thiophene rings is 2. The van der Waals surface area contributed by atoms with Crippen LogP contribution in [0.2, 0.25) is 0 Å². The summed E-state index contributed by atoms with van der Waals surface area (Å²) in [5.74, 6) is -0.464. The number of carbonyl (C=O) groups excluding carboxylic acids is 4. The minimum absolute atomic E-state index is 0.0767. The second-order valence-electron chi connectivity index (χ2n) is 13.9. The highest BCUT2D eigenvalue weighted by molar-refractivity contribution is 7.35. The van der Waals surface area contributed by atoms with Gasteiger partial charge in [-0.15, -0.1) is 22.7 Å². The van der Waals surface area contributed by atoms with Crippen LogP contribution in [-0.2, 0) is 24.8 Å².